The van der Waals surface area contributed by atoms with E-state index in [1.54, 1.807) is 0 Å². The van der Waals surface area contributed by atoms with E-state index in [4.69, 9.17) is 0 Å². The standard InChI is InChI=1S/C16H30N4/c1-4-9-20-10-6-16(7-11-20)14(2)17-8-5-15-12-18-19(3)13-15/h12-14,16-17H,4-11H2,1-3H3. The summed E-state index contributed by atoms with van der Waals surface area (Å²) in [4.78, 5) is 2.61. The Kier molecular flexibility index (Phi) is 6.05. The van der Waals surface area contributed by atoms with Crippen molar-refractivity contribution in [2.45, 2.75) is 45.6 Å². The highest BCUT2D eigenvalue weighted by molar-refractivity contribution is 5.03. The maximum Gasteiger partial charge on any atom is 0.0522 e. The maximum absolute atomic E-state index is 4.21. The number of rotatable bonds is 7. The second-order valence-corrected chi connectivity index (χ2v) is 6.19. The quantitative estimate of drug-likeness (QED) is 0.829. The third-order valence-corrected chi connectivity index (χ3v) is 4.52. The van der Waals surface area contributed by atoms with E-state index in [0.29, 0.717) is 6.04 Å². The number of nitrogens with zero attached hydrogens (tertiary/aromatic N) is 3. The first-order valence-electron chi connectivity index (χ1n) is 8.12. The van der Waals surface area contributed by atoms with Crippen LogP contribution in [0.3, 0.4) is 0 Å². The molecule has 1 saturated heterocycles. The van der Waals surface area contributed by atoms with Crippen LogP contribution in [0.25, 0.3) is 0 Å². The summed E-state index contributed by atoms with van der Waals surface area (Å²) in [7, 11) is 1.98. The first-order chi connectivity index (χ1) is 9.69. The van der Waals surface area contributed by atoms with Crippen LogP contribution >= 0.6 is 0 Å². The van der Waals surface area contributed by atoms with E-state index in [0.717, 1.165) is 18.9 Å². The van der Waals surface area contributed by atoms with Gasteiger partial charge in [0, 0.05) is 19.3 Å². The molecule has 0 aliphatic carbocycles. The Morgan fingerprint density at radius 3 is 2.75 bits per heavy atom. The molecule has 1 unspecified atom stereocenters. The van der Waals surface area contributed by atoms with Gasteiger partial charge in [-0.05, 0) is 70.3 Å². The van der Waals surface area contributed by atoms with Gasteiger partial charge in [-0.1, -0.05) is 6.92 Å². The molecule has 0 amide bonds. The lowest BCUT2D eigenvalue weighted by Crippen LogP contribution is -2.42. The van der Waals surface area contributed by atoms with E-state index in [1.165, 1.54) is 44.5 Å². The highest BCUT2D eigenvalue weighted by Gasteiger charge is 2.22. The number of nitrogens with one attached hydrogen (secondary N) is 1. The van der Waals surface area contributed by atoms with Gasteiger partial charge < -0.3 is 10.2 Å². The Morgan fingerprint density at radius 1 is 1.40 bits per heavy atom. The summed E-state index contributed by atoms with van der Waals surface area (Å²) in [5, 5.41) is 7.91. The molecule has 20 heavy (non-hydrogen) atoms. The third-order valence-electron chi connectivity index (χ3n) is 4.52. The first-order valence-corrected chi connectivity index (χ1v) is 8.12. The second-order valence-electron chi connectivity index (χ2n) is 6.19. The third kappa shape index (κ3) is 4.60. The minimum absolute atomic E-state index is 0.635. The molecule has 4 heteroatoms. The molecule has 0 spiro atoms. The topological polar surface area (TPSA) is 33.1 Å². The van der Waals surface area contributed by atoms with E-state index in [1.807, 2.05) is 17.9 Å². The summed E-state index contributed by atoms with van der Waals surface area (Å²) >= 11 is 0. The molecule has 1 N–H and O–H groups in total. The molecule has 114 valence electrons. The molecule has 0 aromatic carbocycles. The van der Waals surface area contributed by atoms with Crippen LogP contribution in [0.2, 0.25) is 0 Å². The fraction of sp³-hybridized carbons (Fsp3) is 0.812. The van der Waals surface area contributed by atoms with E-state index in [9.17, 15) is 0 Å². The Labute approximate surface area is 123 Å². The van der Waals surface area contributed by atoms with Gasteiger partial charge in [0.15, 0.2) is 0 Å². The summed E-state index contributed by atoms with van der Waals surface area (Å²) in [5.74, 6) is 0.844. The van der Waals surface area contributed by atoms with Crippen molar-refractivity contribution in [3.8, 4) is 0 Å². The molecule has 1 aromatic rings. The van der Waals surface area contributed by atoms with Crippen LogP contribution in [0.5, 0.6) is 0 Å². The van der Waals surface area contributed by atoms with Crippen LogP contribution in [0.1, 0.15) is 38.7 Å². The Bertz CT molecular complexity index is 380. The molecule has 1 aromatic heterocycles. The Morgan fingerprint density at radius 2 is 2.15 bits per heavy atom. The maximum atomic E-state index is 4.21. The molecule has 1 aliphatic heterocycles. The normalized spacial score (nSPS) is 19.4. The smallest absolute Gasteiger partial charge is 0.0522 e. The Balaban J connectivity index is 1.64. The van der Waals surface area contributed by atoms with Gasteiger partial charge in [-0.2, -0.15) is 5.10 Å². The minimum Gasteiger partial charge on any atom is -0.314 e. The molecule has 1 fully saturated rings. The molecule has 4 nitrogen and oxygen atoms in total. The van der Waals surface area contributed by atoms with Gasteiger partial charge in [0.1, 0.15) is 0 Å². The molecule has 1 atom stereocenters. The fourth-order valence-electron chi connectivity index (χ4n) is 3.20. The highest BCUT2D eigenvalue weighted by Crippen LogP contribution is 2.20. The van der Waals surface area contributed by atoms with Gasteiger partial charge in [0.05, 0.1) is 6.20 Å². The average molecular weight is 278 g/mol. The molecule has 2 rings (SSSR count). The van der Waals surface area contributed by atoms with E-state index in [-0.39, 0.29) is 0 Å². The molecule has 0 radical (unpaired) electrons. The van der Waals surface area contributed by atoms with Crippen LogP contribution in [0.4, 0.5) is 0 Å². The molecule has 0 saturated carbocycles. The molecule has 2 heterocycles. The van der Waals surface area contributed by atoms with Gasteiger partial charge in [-0.25, -0.2) is 0 Å². The number of piperidine rings is 1. The SMILES string of the molecule is CCCN1CCC(C(C)NCCc2cnn(C)c2)CC1. The average Bonchev–Trinajstić information content (AvgIpc) is 2.85. The fourth-order valence-corrected chi connectivity index (χ4v) is 3.20. The zero-order valence-electron chi connectivity index (χ0n) is 13.3. The van der Waals surface area contributed by atoms with Crippen molar-refractivity contribution in [2.24, 2.45) is 13.0 Å². The zero-order valence-corrected chi connectivity index (χ0v) is 13.3. The van der Waals surface area contributed by atoms with E-state index < -0.39 is 0 Å². The number of hydrogen-bond donors (Lipinski definition) is 1. The lowest BCUT2D eigenvalue weighted by Gasteiger charge is -2.35. The molecular weight excluding hydrogens is 248 g/mol. The van der Waals surface area contributed by atoms with Crippen LogP contribution in [0, 0.1) is 5.92 Å². The van der Waals surface area contributed by atoms with Crippen molar-refractivity contribution in [2.75, 3.05) is 26.2 Å². The van der Waals surface area contributed by atoms with Crippen LogP contribution in [-0.4, -0.2) is 46.9 Å². The summed E-state index contributed by atoms with van der Waals surface area (Å²) in [6.45, 7) is 9.52. The van der Waals surface area contributed by atoms with Crippen molar-refractivity contribution < 1.29 is 0 Å². The Hall–Kier alpha value is -0.870. The number of aromatic nitrogens is 2. The van der Waals surface area contributed by atoms with Crippen molar-refractivity contribution in [3.05, 3.63) is 18.0 Å². The highest BCUT2D eigenvalue weighted by atomic mass is 15.2. The summed E-state index contributed by atoms with van der Waals surface area (Å²) in [6, 6.07) is 0.635. The lowest BCUT2D eigenvalue weighted by atomic mass is 9.90. The van der Waals surface area contributed by atoms with Gasteiger partial charge in [0.2, 0.25) is 0 Å². The first kappa shape index (κ1) is 15.5. The van der Waals surface area contributed by atoms with E-state index >= 15 is 0 Å². The van der Waals surface area contributed by atoms with E-state index in [2.05, 4.69) is 35.4 Å². The number of likely N-dealkylation sites (tertiary alicyclic amines) is 1. The van der Waals surface area contributed by atoms with Gasteiger partial charge in [0.25, 0.3) is 0 Å². The van der Waals surface area contributed by atoms with Gasteiger partial charge in [-0.15, -0.1) is 0 Å². The van der Waals surface area contributed by atoms with Gasteiger partial charge >= 0.3 is 0 Å². The summed E-state index contributed by atoms with van der Waals surface area (Å²) in [6.07, 6.45) is 9.13. The van der Waals surface area contributed by atoms with Crippen LogP contribution in [-0.2, 0) is 13.5 Å². The van der Waals surface area contributed by atoms with Crippen molar-refractivity contribution in [1.29, 1.82) is 0 Å². The monoisotopic (exact) mass is 278 g/mol. The second kappa shape index (κ2) is 7.79. The largest absolute Gasteiger partial charge is 0.314 e. The minimum atomic E-state index is 0.635. The molecule has 1 aliphatic rings. The zero-order chi connectivity index (χ0) is 14.4. The predicted octanol–water partition coefficient (Wildman–Crippen LogP) is 2.06. The van der Waals surface area contributed by atoms with Crippen molar-refractivity contribution in [1.82, 2.24) is 20.0 Å². The molecule has 0 bridgehead atoms. The predicted molar refractivity (Wildman–Crippen MR) is 83.8 cm³/mol. The lowest BCUT2D eigenvalue weighted by molar-refractivity contribution is 0.163. The van der Waals surface area contributed by atoms with Crippen molar-refractivity contribution in [3.63, 3.8) is 0 Å². The number of aryl methyl sites for hydroxylation is 1. The van der Waals surface area contributed by atoms with Crippen LogP contribution < -0.4 is 5.32 Å². The van der Waals surface area contributed by atoms with Crippen LogP contribution in [0.15, 0.2) is 12.4 Å². The molecular formula is C16H30N4. The van der Waals surface area contributed by atoms with Crippen molar-refractivity contribution >= 4 is 0 Å². The summed E-state index contributed by atoms with van der Waals surface area (Å²) in [5.41, 5.74) is 1.32. The van der Waals surface area contributed by atoms with Gasteiger partial charge in [-0.3, -0.25) is 4.68 Å². The summed E-state index contributed by atoms with van der Waals surface area (Å²) < 4.78 is 1.88. The number of hydrogen-bond acceptors (Lipinski definition) is 3.